The van der Waals surface area contributed by atoms with Crippen molar-refractivity contribution in [3.8, 4) is 0 Å². The summed E-state index contributed by atoms with van der Waals surface area (Å²) in [6.45, 7) is 7.89. The van der Waals surface area contributed by atoms with E-state index in [2.05, 4.69) is 68.2 Å². The van der Waals surface area contributed by atoms with Crippen molar-refractivity contribution in [3.63, 3.8) is 0 Å². The second-order valence-electron chi connectivity index (χ2n) is 6.83. The molecule has 1 atom stereocenters. The van der Waals surface area contributed by atoms with E-state index >= 15 is 0 Å². The van der Waals surface area contributed by atoms with E-state index in [1.807, 2.05) is 0 Å². The monoisotopic (exact) mass is 274 g/mol. The summed E-state index contributed by atoms with van der Waals surface area (Å²) < 4.78 is 2.15. The molecule has 110 valence electrons. The number of benzene rings is 1. The second kappa shape index (κ2) is 5.98. The molecule has 2 aromatic rings. The number of rotatable bonds is 5. The van der Waals surface area contributed by atoms with E-state index in [1.54, 1.807) is 0 Å². The Kier molecular flexibility index (Phi) is 4.51. The van der Waals surface area contributed by atoms with Crippen LogP contribution >= 0.6 is 0 Å². The van der Waals surface area contributed by atoms with Gasteiger partial charge < -0.3 is 15.0 Å². The summed E-state index contributed by atoms with van der Waals surface area (Å²) in [6, 6.07) is 8.41. The normalized spacial score (nSPS) is 13.8. The Morgan fingerprint density at radius 2 is 1.95 bits per heavy atom. The van der Waals surface area contributed by atoms with Crippen LogP contribution in [0.3, 0.4) is 0 Å². The van der Waals surface area contributed by atoms with Gasteiger partial charge in [0.05, 0.1) is 6.10 Å². The Bertz CT molecular complexity index is 566. The van der Waals surface area contributed by atoms with Crippen LogP contribution < -0.4 is 5.32 Å². The van der Waals surface area contributed by atoms with Gasteiger partial charge in [-0.15, -0.1) is 0 Å². The van der Waals surface area contributed by atoms with Crippen molar-refractivity contribution in [1.82, 2.24) is 9.88 Å². The van der Waals surface area contributed by atoms with Crippen LogP contribution in [0, 0.1) is 5.41 Å². The number of fused-ring (bicyclic) bond motifs is 1. The molecule has 2 N–H and O–H groups in total. The molecule has 0 aliphatic rings. The number of nitrogens with one attached hydrogen (secondary N) is 1. The second-order valence-corrected chi connectivity index (χ2v) is 6.83. The highest BCUT2D eigenvalue weighted by molar-refractivity contribution is 5.83. The van der Waals surface area contributed by atoms with Gasteiger partial charge in [0.2, 0.25) is 0 Å². The van der Waals surface area contributed by atoms with E-state index in [0.29, 0.717) is 6.54 Å². The molecule has 0 spiro atoms. The molecule has 0 fully saturated rings. The van der Waals surface area contributed by atoms with Crippen molar-refractivity contribution < 1.29 is 5.11 Å². The number of para-hydroxylation sites is 1. The molecule has 0 saturated carbocycles. The lowest BCUT2D eigenvalue weighted by atomic mass is 9.89. The van der Waals surface area contributed by atoms with Crippen LogP contribution in [-0.2, 0) is 13.6 Å². The first-order valence-corrected chi connectivity index (χ1v) is 7.28. The Hall–Kier alpha value is -1.32. The average molecular weight is 274 g/mol. The standard InChI is InChI=1S/C17H26N2O/c1-17(2,3)9-14(20)11-18-10-13-12-19(4)16-8-6-5-7-15(13)16/h5-8,12,14,18,20H,9-11H2,1-4H3. The van der Waals surface area contributed by atoms with Gasteiger partial charge in [0, 0.05) is 37.2 Å². The molecule has 1 aromatic carbocycles. The molecule has 0 bridgehead atoms. The molecule has 0 aliphatic carbocycles. The Morgan fingerprint density at radius 1 is 1.25 bits per heavy atom. The molecule has 2 rings (SSSR count). The maximum Gasteiger partial charge on any atom is 0.0669 e. The fourth-order valence-electron chi connectivity index (χ4n) is 2.72. The van der Waals surface area contributed by atoms with Crippen LogP contribution in [0.2, 0.25) is 0 Å². The van der Waals surface area contributed by atoms with E-state index in [0.717, 1.165) is 13.0 Å². The summed E-state index contributed by atoms with van der Waals surface area (Å²) in [5.74, 6) is 0. The summed E-state index contributed by atoms with van der Waals surface area (Å²) >= 11 is 0. The predicted octanol–water partition coefficient (Wildman–Crippen LogP) is 3.07. The first kappa shape index (κ1) is 15.1. The minimum atomic E-state index is -0.287. The SMILES string of the molecule is Cn1cc(CNCC(O)CC(C)(C)C)c2ccccc21. The molecule has 0 amide bonds. The number of aliphatic hydroxyl groups is 1. The zero-order valence-electron chi connectivity index (χ0n) is 13.0. The summed E-state index contributed by atoms with van der Waals surface area (Å²) in [4.78, 5) is 0. The fraction of sp³-hybridized carbons (Fsp3) is 0.529. The molecule has 0 aliphatic heterocycles. The van der Waals surface area contributed by atoms with Crippen molar-refractivity contribution in [1.29, 1.82) is 0 Å². The van der Waals surface area contributed by atoms with Crippen LogP contribution in [0.25, 0.3) is 10.9 Å². The first-order valence-electron chi connectivity index (χ1n) is 7.28. The van der Waals surface area contributed by atoms with Crippen LogP contribution in [0.5, 0.6) is 0 Å². The summed E-state index contributed by atoms with van der Waals surface area (Å²) in [5, 5.41) is 14.7. The van der Waals surface area contributed by atoms with E-state index < -0.39 is 0 Å². The minimum Gasteiger partial charge on any atom is -0.392 e. The van der Waals surface area contributed by atoms with Crippen molar-refractivity contribution in [3.05, 3.63) is 36.0 Å². The number of aliphatic hydroxyl groups excluding tert-OH is 1. The van der Waals surface area contributed by atoms with Gasteiger partial charge in [-0.05, 0) is 23.5 Å². The lowest BCUT2D eigenvalue weighted by Crippen LogP contribution is -2.29. The van der Waals surface area contributed by atoms with Gasteiger partial charge in [-0.3, -0.25) is 0 Å². The summed E-state index contributed by atoms with van der Waals surface area (Å²) in [7, 11) is 2.07. The van der Waals surface area contributed by atoms with Gasteiger partial charge in [0.25, 0.3) is 0 Å². The quantitative estimate of drug-likeness (QED) is 0.879. The zero-order chi connectivity index (χ0) is 14.8. The molecule has 0 saturated heterocycles. The van der Waals surface area contributed by atoms with Gasteiger partial charge in [-0.1, -0.05) is 39.0 Å². The van der Waals surface area contributed by atoms with Crippen molar-refractivity contribution in [2.24, 2.45) is 12.5 Å². The summed E-state index contributed by atoms with van der Waals surface area (Å²) in [5.41, 5.74) is 2.70. The Labute approximate surface area is 121 Å². The Balaban J connectivity index is 1.93. The number of hydrogen-bond acceptors (Lipinski definition) is 2. The van der Waals surface area contributed by atoms with Crippen LogP contribution in [0.4, 0.5) is 0 Å². The van der Waals surface area contributed by atoms with Gasteiger partial charge in [-0.2, -0.15) is 0 Å². The lowest BCUT2D eigenvalue weighted by molar-refractivity contribution is 0.119. The third kappa shape index (κ3) is 3.84. The topological polar surface area (TPSA) is 37.2 Å². The Morgan fingerprint density at radius 3 is 2.65 bits per heavy atom. The molecular formula is C17H26N2O. The van der Waals surface area contributed by atoms with Crippen LogP contribution in [-0.4, -0.2) is 22.3 Å². The largest absolute Gasteiger partial charge is 0.392 e. The number of aromatic nitrogens is 1. The highest BCUT2D eigenvalue weighted by Crippen LogP contribution is 2.21. The molecule has 1 aromatic heterocycles. The third-order valence-corrected chi connectivity index (χ3v) is 3.52. The number of aryl methyl sites for hydroxylation is 1. The molecule has 0 radical (unpaired) electrons. The molecule has 20 heavy (non-hydrogen) atoms. The van der Waals surface area contributed by atoms with E-state index in [-0.39, 0.29) is 11.5 Å². The van der Waals surface area contributed by atoms with E-state index in [4.69, 9.17) is 0 Å². The highest BCUT2D eigenvalue weighted by Gasteiger charge is 2.16. The summed E-state index contributed by atoms with van der Waals surface area (Å²) in [6.07, 6.45) is 2.69. The smallest absolute Gasteiger partial charge is 0.0669 e. The van der Waals surface area contributed by atoms with Gasteiger partial charge in [-0.25, -0.2) is 0 Å². The maximum atomic E-state index is 10.0. The zero-order valence-corrected chi connectivity index (χ0v) is 13.0. The maximum absolute atomic E-state index is 10.0. The average Bonchev–Trinajstić information content (AvgIpc) is 2.65. The number of nitrogens with zero attached hydrogens (tertiary/aromatic N) is 1. The predicted molar refractivity (Wildman–Crippen MR) is 84.7 cm³/mol. The first-order chi connectivity index (χ1) is 9.37. The highest BCUT2D eigenvalue weighted by atomic mass is 16.3. The lowest BCUT2D eigenvalue weighted by Gasteiger charge is -2.22. The van der Waals surface area contributed by atoms with E-state index in [1.165, 1.54) is 16.5 Å². The molecule has 3 heteroatoms. The van der Waals surface area contributed by atoms with Crippen molar-refractivity contribution in [2.75, 3.05) is 6.54 Å². The van der Waals surface area contributed by atoms with Crippen LogP contribution in [0.15, 0.2) is 30.5 Å². The number of hydrogen-bond donors (Lipinski definition) is 2. The minimum absolute atomic E-state index is 0.167. The fourth-order valence-corrected chi connectivity index (χ4v) is 2.72. The van der Waals surface area contributed by atoms with Gasteiger partial charge >= 0.3 is 0 Å². The van der Waals surface area contributed by atoms with Crippen LogP contribution in [0.1, 0.15) is 32.8 Å². The third-order valence-electron chi connectivity index (χ3n) is 3.52. The molecule has 1 unspecified atom stereocenters. The molecular weight excluding hydrogens is 248 g/mol. The van der Waals surface area contributed by atoms with Gasteiger partial charge in [0.15, 0.2) is 0 Å². The van der Waals surface area contributed by atoms with Crippen molar-refractivity contribution in [2.45, 2.75) is 39.8 Å². The molecule has 3 nitrogen and oxygen atoms in total. The molecule has 1 heterocycles. The van der Waals surface area contributed by atoms with Crippen molar-refractivity contribution >= 4 is 10.9 Å². The van der Waals surface area contributed by atoms with E-state index in [9.17, 15) is 5.11 Å². The van der Waals surface area contributed by atoms with Gasteiger partial charge in [0.1, 0.15) is 0 Å².